The number of ether oxygens (including phenoxy) is 1. The maximum absolute atomic E-state index is 13.2. The van der Waals surface area contributed by atoms with Crippen molar-refractivity contribution in [2.45, 2.75) is 13.5 Å². The normalized spacial score (nSPS) is 10.3. The van der Waals surface area contributed by atoms with Gasteiger partial charge in [0.15, 0.2) is 0 Å². The Bertz CT molecular complexity index is 583. The van der Waals surface area contributed by atoms with Gasteiger partial charge in [-0.15, -0.1) is 0 Å². The summed E-state index contributed by atoms with van der Waals surface area (Å²) >= 11 is 0.941. The van der Waals surface area contributed by atoms with E-state index in [-0.39, 0.29) is 17.4 Å². The molecule has 2 aromatic rings. The number of nitrogens with two attached hydrogens (primary N) is 1. The molecule has 0 atom stereocenters. The lowest BCUT2D eigenvalue weighted by Crippen LogP contribution is -2.01. The van der Waals surface area contributed by atoms with Crippen molar-refractivity contribution in [3.63, 3.8) is 0 Å². The lowest BCUT2D eigenvalue weighted by molar-refractivity contribution is 0.294. The number of benzene rings is 1. The highest BCUT2D eigenvalue weighted by atomic mass is 32.1. The molecule has 0 spiro atoms. The highest BCUT2D eigenvalue weighted by molar-refractivity contribution is 7.08. The van der Waals surface area contributed by atoms with E-state index in [9.17, 15) is 4.39 Å². The smallest absolute Gasteiger partial charge is 0.202 e. The first-order valence-electron chi connectivity index (χ1n) is 5.23. The van der Waals surface area contributed by atoms with E-state index in [0.29, 0.717) is 17.0 Å². The van der Waals surface area contributed by atoms with Crippen molar-refractivity contribution in [3.05, 3.63) is 39.6 Å². The summed E-state index contributed by atoms with van der Waals surface area (Å²) in [5, 5.41) is 6.86. The Hall–Kier alpha value is -1.95. The van der Waals surface area contributed by atoms with Crippen LogP contribution in [-0.4, -0.2) is 11.2 Å². The second-order valence-electron chi connectivity index (χ2n) is 3.75. The second-order valence-corrected chi connectivity index (χ2v) is 4.56. The number of halogens is 1. The van der Waals surface area contributed by atoms with Gasteiger partial charge in [0.25, 0.3) is 0 Å². The maximum Gasteiger partial charge on any atom is 0.202 e. The third-order valence-electron chi connectivity index (χ3n) is 2.49. The Morgan fingerprint density at radius 3 is 2.94 bits per heavy atom. The van der Waals surface area contributed by atoms with Crippen LogP contribution in [0.25, 0.3) is 0 Å². The van der Waals surface area contributed by atoms with Crippen LogP contribution in [0.5, 0.6) is 5.75 Å². The molecule has 0 fully saturated rings. The van der Waals surface area contributed by atoms with Crippen LogP contribution in [0.4, 0.5) is 10.1 Å². The molecule has 4 nitrogen and oxygen atoms in total. The Kier molecular flexibility index (Phi) is 3.57. The van der Waals surface area contributed by atoms with Gasteiger partial charge in [-0.25, -0.2) is 4.98 Å². The monoisotopic (exact) mass is 265 g/mol. The third-order valence-corrected chi connectivity index (χ3v) is 3.15. The molecule has 0 aliphatic rings. The Morgan fingerprint density at radius 2 is 2.33 bits per heavy atom. The number of rotatable bonds is 4. The van der Waals surface area contributed by atoms with Gasteiger partial charge in [0, 0.05) is 23.5 Å². The zero-order valence-corrected chi connectivity index (χ0v) is 10.6. The van der Waals surface area contributed by atoms with E-state index >= 15 is 0 Å². The summed E-state index contributed by atoms with van der Waals surface area (Å²) < 4.78 is 18.7. The molecule has 0 unspecified atom stereocenters. The fraction of sp³-hybridized carbons (Fsp3) is 0.167. The van der Waals surface area contributed by atoms with Gasteiger partial charge in [0.1, 0.15) is 18.1 Å². The van der Waals surface area contributed by atoms with Crippen LogP contribution in [0.2, 0.25) is 0 Å². The molecular formula is C12H12FN3OS. The molecule has 2 rings (SSSR count). The molecule has 0 amide bonds. The van der Waals surface area contributed by atoms with Gasteiger partial charge in [0.2, 0.25) is 5.13 Å². The van der Waals surface area contributed by atoms with E-state index in [2.05, 4.69) is 4.98 Å². The Balaban J connectivity index is 2.17. The highest BCUT2D eigenvalue weighted by Gasteiger charge is 2.09. The Labute approximate surface area is 108 Å². The molecule has 1 aromatic carbocycles. The summed E-state index contributed by atoms with van der Waals surface area (Å²) in [6, 6.07) is 3.40. The number of aromatic nitrogens is 1. The van der Waals surface area contributed by atoms with Crippen molar-refractivity contribution in [2.75, 3.05) is 5.73 Å². The van der Waals surface area contributed by atoms with E-state index in [4.69, 9.17) is 15.9 Å². The summed E-state index contributed by atoms with van der Waals surface area (Å²) in [5.41, 5.74) is 9.43. The van der Waals surface area contributed by atoms with E-state index < -0.39 is 0 Å². The second kappa shape index (κ2) is 5.14. The predicted molar refractivity (Wildman–Crippen MR) is 69.9 cm³/mol. The van der Waals surface area contributed by atoms with Gasteiger partial charge in [-0.1, -0.05) is 11.3 Å². The quantitative estimate of drug-likeness (QED) is 0.659. The molecule has 3 N–H and O–H groups in total. The van der Waals surface area contributed by atoms with Crippen molar-refractivity contribution >= 4 is 23.2 Å². The lowest BCUT2D eigenvalue weighted by Gasteiger charge is -2.10. The zero-order chi connectivity index (χ0) is 13.1. The molecule has 0 aliphatic heterocycles. The van der Waals surface area contributed by atoms with Crippen LogP contribution in [0.3, 0.4) is 0 Å². The number of hydrogen-bond donors (Lipinski definition) is 2. The minimum Gasteiger partial charge on any atom is -0.487 e. The van der Waals surface area contributed by atoms with Crippen LogP contribution >= 0.6 is 11.3 Å². The molecule has 0 saturated heterocycles. The number of thiazole rings is 1. The zero-order valence-electron chi connectivity index (χ0n) is 9.74. The minimum atomic E-state index is -0.336. The summed E-state index contributed by atoms with van der Waals surface area (Å²) in [6.07, 6.45) is 1.19. The van der Waals surface area contributed by atoms with Crippen LogP contribution in [-0.2, 0) is 6.61 Å². The average molecular weight is 265 g/mol. The summed E-state index contributed by atoms with van der Waals surface area (Å²) in [5.74, 6) is 0.575. The average Bonchev–Trinajstić information content (AvgIpc) is 2.75. The third kappa shape index (κ3) is 2.48. The first-order valence-corrected chi connectivity index (χ1v) is 6.11. The number of nitrogen functional groups attached to an aromatic ring is 1. The fourth-order valence-corrected chi connectivity index (χ4v) is 2.02. The standard InChI is InChI=1S/C12H12FN3OS/c1-7-2-8(4-14)9(15)3-11(7)17-5-10-12(13)18-6-16-10/h2-4,6,14H,5,15H2,1H3. The molecule has 94 valence electrons. The van der Waals surface area contributed by atoms with Crippen LogP contribution < -0.4 is 10.5 Å². The van der Waals surface area contributed by atoms with Gasteiger partial charge >= 0.3 is 0 Å². The van der Waals surface area contributed by atoms with Crippen molar-refractivity contribution < 1.29 is 9.13 Å². The summed E-state index contributed by atoms with van der Waals surface area (Å²) in [6.45, 7) is 1.92. The van der Waals surface area contributed by atoms with E-state index in [1.54, 1.807) is 12.1 Å². The van der Waals surface area contributed by atoms with Crippen LogP contribution in [0, 0.1) is 17.5 Å². The molecule has 1 aromatic heterocycles. The van der Waals surface area contributed by atoms with Gasteiger partial charge < -0.3 is 15.9 Å². The molecular weight excluding hydrogens is 253 g/mol. The van der Waals surface area contributed by atoms with Crippen LogP contribution in [0.15, 0.2) is 17.6 Å². The van der Waals surface area contributed by atoms with Crippen molar-refractivity contribution in [1.29, 1.82) is 5.41 Å². The van der Waals surface area contributed by atoms with E-state index in [1.165, 1.54) is 11.7 Å². The van der Waals surface area contributed by atoms with Gasteiger partial charge in [-0.2, -0.15) is 4.39 Å². The molecule has 0 aliphatic carbocycles. The topological polar surface area (TPSA) is 72.0 Å². The van der Waals surface area contributed by atoms with Gasteiger partial charge in [-0.05, 0) is 18.6 Å². The molecule has 0 saturated carbocycles. The van der Waals surface area contributed by atoms with Crippen molar-refractivity contribution in [3.8, 4) is 5.75 Å². The SMILES string of the molecule is Cc1cc(C=N)c(N)cc1OCc1ncsc1F. The number of nitrogens with one attached hydrogen (secondary N) is 1. The number of anilines is 1. The van der Waals surface area contributed by atoms with E-state index in [1.807, 2.05) is 6.92 Å². The molecule has 1 heterocycles. The van der Waals surface area contributed by atoms with Crippen LogP contribution in [0.1, 0.15) is 16.8 Å². The fourth-order valence-electron chi connectivity index (χ4n) is 1.50. The van der Waals surface area contributed by atoms with Crippen molar-refractivity contribution in [1.82, 2.24) is 4.98 Å². The number of nitrogens with zero attached hydrogens (tertiary/aromatic N) is 1. The summed E-state index contributed by atoms with van der Waals surface area (Å²) in [7, 11) is 0. The number of hydrogen-bond acceptors (Lipinski definition) is 5. The number of aryl methyl sites for hydroxylation is 1. The van der Waals surface area contributed by atoms with E-state index in [0.717, 1.165) is 16.9 Å². The Morgan fingerprint density at radius 1 is 1.56 bits per heavy atom. The highest BCUT2D eigenvalue weighted by Crippen LogP contribution is 2.25. The predicted octanol–water partition coefficient (Wildman–Crippen LogP) is 2.75. The lowest BCUT2D eigenvalue weighted by atomic mass is 10.1. The first-order chi connectivity index (χ1) is 8.61. The molecule has 0 radical (unpaired) electrons. The van der Waals surface area contributed by atoms with Gasteiger partial charge in [-0.3, -0.25) is 0 Å². The first kappa shape index (κ1) is 12.5. The molecule has 18 heavy (non-hydrogen) atoms. The van der Waals surface area contributed by atoms with Gasteiger partial charge in [0.05, 0.1) is 5.51 Å². The molecule has 0 bridgehead atoms. The molecule has 6 heteroatoms. The van der Waals surface area contributed by atoms with Crippen molar-refractivity contribution in [2.24, 2.45) is 0 Å². The minimum absolute atomic E-state index is 0.0690. The largest absolute Gasteiger partial charge is 0.487 e. The maximum atomic E-state index is 13.2. The summed E-state index contributed by atoms with van der Waals surface area (Å²) in [4.78, 5) is 3.87.